The van der Waals surface area contributed by atoms with Gasteiger partial charge >= 0.3 is 0 Å². The highest BCUT2D eigenvalue weighted by atomic mass is 127. The van der Waals surface area contributed by atoms with Gasteiger partial charge in [-0.05, 0) is 30.9 Å². The van der Waals surface area contributed by atoms with Crippen molar-refractivity contribution in [2.24, 2.45) is 4.99 Å². The van der Waals surface area contributed by atoms with Crippen LogP contribution in [0.4, 0.5) is 0 Å². The van der Waals surface area contributed by atoms with Gasteiger partial charge in [0, 0.05) is 31.1 Å². The summed E-state index contributed by atoms with van der Waals surface area (Å²) in [5, 5.41) is 6.89. The Kier molecular flexibility index (Phi) is 9.08. The maximum Gasteiger partial charge on any atom is 0.203 e. The summed E-state index contributed by atoms with van der Waals surface area (Å²) in [6.07, 6.45) is 3.20. The van der Waals surface area contributed by atoms with Gasteiger partial charge in [0.1, 0.15) is 0 Å². The van der Waals surface area contributed by atoms with Gasteiger partial charge in [-0.2, -0.15) is 0 Å². The Morgan fingerprint density at radius 1 is 0.933 bits per heavy atom. The van der Waals surface area contributed by atoms with Crippen molar-refractivity contribution in [3.63, 3.8) is 0 Å². The highest BCUT2D eigenvalue weighted by molar-refractivity contribution is 14.0. The van der Waals surface area contributed by atoms with Crippen LogP contribution in [0.15, 0.2) is 47.5 Å². The number of halogens is 1. The van der Waals surface area contributed by atoms with E-state index in [1.165, 1.54) is 18.4 Å². The summed E-state index contributed by atoms with van der Waals surface area (Å²) in [5.41, 5.74) is 2.69. The first-order chi connectivity index (χ1) is 14.2. The molecule has 0 spiro atoms. The monoisotopic (exact) mass is 525 g/mol. The summed E-state index contributed by atoms with van der Waals surface area (Å²) in [4.78, 5) is 4.37. The molecule has 164 valence electrons. The lowest BCUT2D eigenvalue weighted by Crippen LogP contribution is -2.42. The smallest absolute Gasteiger partial charge is 0.203 e. The van der Waals surface area contributed by atoms with Gasteiger partial charge in [-0.1, -0.05) is 36.4 Å². The quantitative estimate of drug-likeness (QED) is 0.297. The number of nitrogens with one attached hydrogen (secondary N) is 2. The van der Waals surface area contributed by atoms with E-state index in [9.17, 15) is 0 Å². The van der Waals surface area contributed by atoms with Crippen molar-refractivity contribution in [1.82, 2.24) is 10.6 Å². The topological polar surface area (TPSA) is 64.1 Å². The van der Waals surface area contributed by atoms with Gasteiger partial charge in [-0.25, -0.2) is 0 Å². The molecule has 0 bridgehead atoms. The fourth-order valence-electron chi connectivity index (χ4n) is 3.66. The van der Waals surface area contributed by atoms with Crippen LogP contribution in [0.5, 0.6) is 17.2 Å². The third-order valence-corrected chi connectivity index (χ3v) is 5.53. The van der Waals surface area contributed by atoms with Crippen LogP contribution in [-0.4, -0.2) is 47.4 Å². The van der Waals surface area contributed by atoms with Crippen molar-refractivity contribution in [2.45, 2.75) is 24.7 Å². The summed E-state index contributed by atoms with van der Waals surface area (Å²) in [7, 11) is 6.69. The zero-order valence-corrected chi connectivity index (χ0v) is 20.5. The Hall–Kier alpha value is -2.16. The van der Waals surface area contributed by atoms with Crippen LogP contribution in [0.25, 0.3) is 0 Å². The molecule has 30 heavy (non-hydrogen) atoms. The summed E-state index contributed by atoms with van der Waals surface area (Å²) >= 11 is 0. The first-order valence-corrected chi connectivity index (χ1v) is 9.95. The fraction of sp³-hybridized carbons (Fsp3) is 0.435. The number of hydrogen-bond acceptors (Lipinski definition) is 4. The van der Waals surface area contributed by atoms with Gasteiger partial charge < -0.3 is 24.8 Å². The SMILES string of the molecule is CN=C(NCCc1ccc(OC)c(OC)c1OC)NCC1(c2ccccc2)CC1.I. The number of hydrogen-bond donors (Lipinski definition) is 2. The van der Waals surface area contributed by atoms with E-state index < -0.39 is 0 Å². The first-order valence-electron chi connectivity index (χ1n) is 9.95. The van der Waals surface area contributed by atoms with Gasteiger partial charge in [-0.15, -0.1) is 24.0 Å². The van der Waals surface area contributed by atoms with E-state index in [4.69, 9.17) is 14.2 Å². The predicted octanol–water partition coefficient (Wildman–Crippen LogP) is 3.77. The van der Waals surface area contributed by atoms with Crippen molar-refractivity contribution in [1.29, 1.82) is 0 Å². The van der Waals surface area contributed by atoms with Crippen LogP contribution in [0.1, 0.15) is 24.0 Å². The Bertz CT molecular complexity index is 839. The van der Waals surface area contributed by atoms with E-state index in [0.29, 0.717) is 17.2 Å². The molecule has 0 saturated heterocycles. The van der Waals surface area contributed by atoms with Gasteiger partial charge in [0.25, 0.3) is 0 Å². The molecule has 6 nitrogen and oxygen atoms in total. The third-order valence-electron chi connectivity index (χ3n) is 5.53. The minimum absolute atomic E-state index is 0. The molecule has 1 saturated carbocycles. The molecule has 1 fully saturated rings. The molecule has 7 heteroatoms. The first kappa shape index (κ1) is 24.1. The molecule has 1 aliphatic carbocycles. The Balaban J connectivity index is 0.00000320. The fourth-order valence-corrected chi connectivity index (χ4v) is 3.66. The zero-order valence-electron chi connectivity index (χ0n) is 18.2. The maximum absolute atomic E-state index is 5.56. The van der Waals surface area contributed by atoms with Crippen LogP contribution in [0, 0.1) is 0 Å². The second kappa shape index (κ2) is 11.3. The van der Waals surface area contributed by atoms with E-state index in [1.807, 2.05) is 12.1 Å². The molecule has 0 radical (unpaired) electrons. The van der Waals surface area contributed by atoms with Crippen LogP contribution in [-0.2, 0) is 11.8 Å². The molecule has 0 aromatic heterocycles. The predicted molar refractivity (Wildman–Crippen MR) is 132 cm³/mol. The Labute approximate surface area is 196 Å². The summed E-state index contributed by atoms with van der Waals surface area (Å²) in [6.45, 7) is 1.61. The minimum atomic E-state index is 0. The maximum atomic E-state index is 5.56. The largest absolute Gasteiger partial charge is 0.493 e. The number of nitrogens with zero attached hydrogens (tertiary/aromatic N) is 1. The number of rotatable bonds is 9. The van der Waals surface area contributed by atoms with E-state index >= 15 is 0 Å². The van der Waals surface area contributed by atoms with Gasteiger partial charge in [-0.3, -0.25) is 4.99 Å². The number of benzene rings is 2. The van der Waals surface area contributed by atoms with Crippen LogP contribution < -0.4 is 24.8 Å². The average molecular weight is 525 g/mol. The van der Waals surface area contributed by atoms with Crippen molar-refractivity contribution < 1.29 is 14.2 Å². The minimum Gasteiger partial charge on any atom is -0.493 e. The number of methoxy groups -OCH3 is 3. The lowest BCUT2D eigenvalue weighted by Gasteiger charge is -2.19. The van der Waals surface area contributed by atoms with Crippen LogP contribution in [0.3, 0.4) is 0 Å². The van der Waals surface area contributed by atoms with Crippen molar-refractivity contribution in [3.8, 4) is 17.2 Å². The molecule has 2 aromatic carbocycles. The van der Waals surface area contributed by atoms with Crippen LogP contribution in [0.2, 0.25) is 0 Å². The molecule has 0 aliphatic heterocycles. The molecule has 0 atom stereocenters. The van der Waals surface area contributed by atoms with Gasteiger partial charge in [0.05, 0.1) is 21.3 Å². The molecular weight excluding hydrogens is 493 g/mol. The molecule has 2 N–H and O–H groups in total. The lowest BCUT2D eigenvalue weighted by molar-refractivity contribution is 0.322. The van der Waals surface area contributed by atoms with Gasteiger partial charge in [0.15, 0.2) is 17.5 Å². The molecule has 2 aromatic rings. The van der Waals surface area contributed by atoms with Crippen molar-refractivity contribution in [2.75, 3.05) is 41.5 Å². The lowest BCUT2D eigenvalue weighted by atomic mass is 9.96. The summed E-state index contributed by atoms with van der Waals surface area (Å²) in [5.74, 6) is 2.80. The van der Waals surface area contributed by atoms with E-state index in [-0.39, 0.29) is 29.4 Å². The van der Waals surface area contributed by atoms with Gasteiger partial charge in [0.2, 0.25) is 5.75 Å². The molecule has 0 amide bonds. The number of ether oxygens (including phenoxy) is 3. The number of guanidine groups is 1. The van der Waals surface area contributed by atoms with Crippen LogP contribution >= 0.6 is 24.0 Å². The average Bonchev–Trinajstić information content (AvgIpc) is 3.57. The molecule has 0 heterocycles. The molecule has 3 rings (SSSR count). The van der Waals surface area contributed by atoms with E-state index in [2.05, 4.69) is 46.0 Å². The molecule has 0 unspecified atom stereocenters. The standard InChI is InChI=1S/C23H31N3O3.HI/c1-24-22(26-16-23(13-14-23)18-8-6-5-7-9-18)25-15-12-17-10-11-19(27-2)21(29-4)20(17)28-3;/h5-11H,12-16H2,1-4H3,(H2,24,25,26);1H. The molecular formula is C23H32IN3O3. The Morgan fingerprint density at radius 3 is 2.20 bits per heavy atom. The van der Waals surface area contributed by atoms with Crippen molar-refractivity contribution in [3.05, 3.63) is 53.6 Å². The van der Waals surface area contributed by atoms with E-state index in [0.717, 1.165) is 31.0 Å². The Morgan fingerprint density at radius 2 is 1.63 bits per heavy atom. The molecule has 1 aliphatic rings. The second-order valence-corrected chi connectivity index (χ2v) is 7.24. The summed E-state index contributed by atoms with van der Waals surface area (Å²) < 4.78 is 16.4. The normalized spacial score (nSPS) is 14.3. The third kappa shape index (κ3) is 5.50. The highest BCUT2D eigenvalue weighted by Gasteiger charge is 2.43. The summed E-state index contributed by atoms with van der Waals surface area (Å²) in [6, 6.07) is 14.6. The van der Waals surface area contributed by atoms with E-state index in [1.54, 1.807) is 28.4 Å². The van der Waals surface area contributed by atoms with Crippen molar-refractivity contribution >= 4 is 29.9 Å². The number of aliphatic imine (C=N–C) groups is 1. The second-order valence-electron chi connectivity index (χ2n) is 7.24. The zero-order chi connectivity index (χ0) is 20.7. The highest BCUT2D eigenvalue weighted by Crippen LogP contribution is 2.47.